The number of aliphatic hydroxyl groups is 1. The molecule has 0 saturated carbocycles. The first-order valence-electron chi connectivity index (χ1n) is 4.25. The number of hydrogen-bond donors (Lipinski definition) is 2. The van der Waals surface area contributed by atoms with Gasteiger partial charge in [-0.2, -0.15) is 0 Å². The van der Waals surface area contributed by atoms with Gasteiger partial charge in [0.05, 0.1) is 0 Å². The van der Waals surface area contributed by atoms with E-state index in [2.05, 4.69) is 5.32 Å². The highest BCUT2D eigenvalue weighted by atomic mass is 35.5. The number of piperidine rings is 1. The zero-order chi connectivity index (χ0) is 6.97. The number of aliphatic hydroxyl groups excluding tert-OH is 1. The van der Waals surface area contributed by atoms with Crippen LogP contribution in [-0.4, -0.2) is 23.8 Å². The Morgan fingerprint density at radius 3 is 2.18 bits per heavy atom. The fourth-order valence-corrected chi connectivity index (χ4v) is 2.32. The number of halogens is 1. The molecule has 0 spiro atoms. The van der Waals surface area contributed by atoms with E-state index in [4.69, 9.17) is 5.11 Å². The Morgan fingerprint density at radius 2 is 1.73 bits per heavy atom. The maximum Gasteiger partial charge on any atom is 0.0460 e. The minimum atomic E-state index is 0. The van der Waals surface area contributed by atoms with Crippen molar-refractivity contribution in [3.05, 3.63) is 0 Å². The van der Waals surface area contributed by atoms with Crippen LogP contribution in [0.15, 0.2) is 0 Å². The first kappa shape index (κ1) is 9.30. The van der Waals surface area contributed by atoms with Crippen LogP contribution in [0.2, 0.25) is 0 Å². The lowest BCUT2D eigenvalue weighted by Gasteiger charge is -2.27. The van der Waals surface area contributed by atoms with Gasteiger partial charge in [-0.15, -0.1) is 12.4 Å². The monoisotopic (exact) mass is 177 g/mol. The molecule has 2 nitrogen and oxygen atoms in total. The summed E-state index contributed by atoms with van der Waals surface area (Å²) < 4.78 is 0. The van der Waals surface area contributed by atoms with Crippen LogP contribution in [0.4, 0.5) is 0 Å². The van der Waals surface area contributed by atoms with Gasteiger partial charge in [-0.25, -0.2) is 0 Å². The average Bonchev–Trinajstić information content (AvgIpc) is 2.30. The summed E-state index contributed by atoms with van der Waals surface area (Å²) in [4.78, 5) is 0. The largest absolute Gasteiger partial charge is 0.396 e. The third kappa shape index (κ3) is 1.86. The molecule has 0 aromatic heterocycles. The van der Waals surface area contributed by atoms with E-state index in [1.807, 2.05) is 0 Å². The second-order valence-corrected chi connectivity index (χ2v) is 3.66. The Hall–Kier alpha value is 0.210. The van der Waals surface area contributed by atoms with Gasteiger partial charge in [0.25, 0.3) is 0 Å². The molecular weight excluding hydrogens is 162 g/mol. The van der Waals surface area contributed by atoms with E-state index in [-0.39, 0.29) is 12.4 Å². The SMILES string of the molecule is Cl.OC[C@@H]1C[C@H]2CC[C@@H](C1)N2. The zero-order valence-corrected chi connectivity index (χ0v) is 7.44. The Bertz CT molecular complexity index is 119. The highest BCUT2D eigenvalue weighted by molar-refractivity contribution is 5.85. The van der Waals surface area contributed by atoms with Crippen molar-refractivity contribution in [3.63, 3.8) is 0 Å². The lowest BCUT2D eigenvalue weighted by atomic mass is 9.93. The molecule has 2 saturated heterocycles. The van der Waals surface area contributed by atoms with Gasteiger partial charge >= 0.3 is 0 Å². The van der Waals surface area contributed by atoms with Crippen molar-refractivity contribution in [2.45, 2.75) is 37.8 Å². The molecule has 0 aliphatic carbocycles. The number of nitrogens with one attached hydrogen (secondary N) is 1. The van der Waals surface area contributed by atoms with Crippen molar-refractivity contribution in [3.8, 4) is 0 Å². The summed E-state index contributed by atoms with van der Waals surface area (Å²) >= 11 is 0. The van der Waals surface area contributed by atoms with Gasteiger partial charge in [-0.05, 0) is 31.6 Å². The van der Waals surface area contributed by atoms with Crippen LogP contribution in [0.3, 0.4) is 0 Å². The van der Waals surface area contributed by atoms with E-state index in [0.29, 0.717) is 12.5 Å². The fourth-order valence-electron chi connectivity index (χ4n) is 2.32. The predicted molar refractivity (Wildman–Crippen MR) is 47.0 cm³/mol. The van der Waals surface area contributed by atoms with E-state index in [1.54, 1.807) is 0 Å². The topological polar surface area (TPSA) is 32.3 Å². The van der Waals surface area contributed by atoms with Crippen LogP contribution in [0, 0.1) is 5.92 Å². The molecule has 2 bridgehead atoms. The summed E-state index contributed by atoms with van der Waals surface area (Å²) in [7, 11) is 0. The molecule has 2 fully saturated rings. The molecule has 0 aromatic rings. The third-order valence-electron chi connectivity index (χ3n) is 2.83. The quantitative estimate of drug-likeness (QED) is 0.625. The standard InChI is InChI=1S/C8H15NO.ClH/c10-5-6-3-7-1-2-8(4-6)9-7;/h6-10H,1-5H2;1H/t6-,7-,8+;. The number of hydrogen-bond acceptors (Lipinski definition) is 2. The van der Waals surface area contributed by atoms with E-state index in [1.165, 1.54) is 25.7 Å². The lowest BCUT2D eigenvalue weighted by Crippen LogP contribution is -2.38. The highest BCUT2D eigenvalue weighted by Gasteiger charge is 2.32. The lowest BCUT2D eigenvalue weighted by molar-refractivity contribution is 0.174. The van der Waals surface area contributed by atoms with Crippen molar-refractivity contribution in [1.29, 1.82) is 0 Å². The second-order valence-electron chi connectivity index (χ2n) is 3.66. The maximum absolute atomic E-state index is 8.93. The van der Waals surface area contributed by atoms with Crippen LogP contribution in [0.25, 0.3) is 0 Å². The van der Waals surface area contributed by atoms with Gasteiger partial charge in [0.1, 0.15) is 0 Å². The molecule has 2 aliphatic heterocycles. The molecule has 0 amide bonds. The van der Waals surface area contributed by atoms with E-state index < -0.39 is 0 Å². The Labute approximate surface area is 73.8 Å². The molecule has 3 heteroatoms. The van der Waals surface area contributed by atoms with Crippen molar-refractivity contribution in [1.82, 2.24) is 5.32 Å². The Balaban J connectivity index is 0.000000605. The van der Waals surface area contributed by atoms with Crippen molar-refractivity contribution >= 4 is 12.4 Å². The zero-order valence-electron chi connectivity index (χ0n) is 6.62. The van der Waals surface area contributed by atoms with Gasteiger partial charge in [-0.1, -0.05) is 0 Å². The molecule has 2 aliphatic rings. The molecule has 0 radical (unpaired) electrons. The molecule has 2 rings (SSSR count). The summed E-state index contributed by atoms with van der Waals surface area (Å²) in [6, 6.07) is 1.46. The second kappa shape index (κ2) is 3.74. The number of fused-ring (bicyclic) bond motifs is 2. The summed E-state index contributed by atoms with van der Waals surface area (Å²) in [5.74, 6) is 0.596. The minimum Gasteiger partial charge on any atom is -0.396 e. The van der Waals surface area contributed by atoms with Crippen LogP contribution in [0.1, 0.15) is 25.7 Å². The predicted octanol–water partition coefficient (Wildman–Crippen LogP) is 0.931. The van der Waals surface area contributed by atoms with Crippen LogP contribution >= 0.6 is 12.4 Å². The van der Waals surface area contributed by atoms with Gasteiger partial charge < -0.3 is 10.4 Å². The van der Waals surface area contributed by atoms with Crippen molar-refractivity contribution in [2.75, 3.05) is 6.61 Å². The first-order chi connectivity index (χ1) is 4.88. The van der Waals surface area contributed by atoms with Gasteiger partial charge in [0.15, 0.2) is 0 Å². The smallest absolute Gasteiger partial charge is 0.0460 e. The van der Waals surface area contributed by atoms with Gasteiger partial charge in [0.2, 0.25) is 0 Å². The van der Waals surface area contributed by atoms with Gasteiger partial charge in [0, 0.05) is 18.7 Å². The van der Waals surface area contributed by atoms with E-state index in [9.17, 15) is 0 Å². The summed E-state index contributed by atoms with van der Waals surface area (Å²) in [6.45, 7) is 0.398. The molecule has 11 heavy (non-hydrogen) atoms. The molecule has 2 N–H and O–H groups in total. The maximum atomic E-state index is 8.93. The Morgan fingerprint density at radius 1 is 1.18 bits per heavy atom. The molecule has 0 aromatic carbocycles. The minimum absolute atomic E-state index is 0. The normalized spacial score (nSPS) is 41.7. The van der Waals surface area contributed by atoms with Gasteiger partial charge in [-0.3, -0.25) is 0 Å². The first-order valence-corrected chi connectivity index (χ1v) is 4.25. The fraction of sp³-hybridized carbons (Fsp3) is 1.00. The van der Waals surface area contributed by atoms with E-state index >= 15 is 0 Å². The highest BCUT2D eigenvalue weighted by Crippen LogP contribution is 2.30. The summed E-state index contributed by atoms with van der Waals surface area (Å²) in [5, 5.41) is 12.5. The Kier molecular flexibility index (Phi) is 3.16. The van der Waals surface area contributed by atoms with Crippen LogP contribution < -0.4 is 5.32 Å². The molecule has 66 valence electrons. The van der Waals surface area contributed by atoms with Crippen molar-refractivity contribution in [2.24, 2.45) is 5.92 Å². The molecule has 2 heterocycles. The summed E-state index contributed by atoms with van der Waals surface area (Å²) in [6.07, 6.45) is 5.07. The molecular formula is C8H16ClNO. The molecule has 0 unspecified atom stereocenters. The van der Waals surface area contributed by atoms with Crippen molar-refractivity contribution < 1.29 is 5.11 Å². The average molecular weight is 178 g/mol. The van der Waals surface area contributed by atoms with E-state index in [0.717, 1.165) is 12.1 Å². The molecule has 3 atom stereocenters. The number of rotatable bonds is 1. The third-order valence-corrected chi connectivity index (χ3v) is 2.83. The van der Waals surface area contributed by atoms with Crippen LogP contribution in [-0.2, 0) is 0 Å². The van der Waals surface area contributed by atoms with Crippen LogP contribution in [0.5, 0.6) is 0 Å². The summed E-state index contributed by atoms with van der Waals surface area (Å²) in [5.41, 5.74) is 0.